The molecule has 1 amide bonds. The number of hydrogen-bond donors (Lipinski definition) is 2. The van der Waals surface area contributed by atoms with Gasteiger partial charge < -0.3 is 15.2 Å². The van der Waals surface area contributed by atoms with Crippen LogP contribution in [0.1, 0.15) is 35.7 Å². The molecule has 2 rings (SSSR count). The van der Waals surface area contributed by atoms with Crippen LogP contribution in [0.3, 0.4) is 0 Å². The molecule has 0 radical (unpaired) electrons. The molecule has 5 nitrogen and oxygen atoms in total. The van der Waals surface area contributed by atoms with Gasteiger partial charge in [0.2, 0.25) is 0 Å². The lowest BCUT2D eigenvalue weighted by Gasteiger charge is -2.14. The zero-order chi connectivity index (χ0) is 16.8. The van der Waals surface area contributed by atoms with Gasteiger partial charge in [0.1, 0.15) is 5.75 Å². The number of ether oxygens (including phenoxy) is 1. The van der Waals surface area contributed by atoms with Gasteiger partial charge in [-0.15, -0.1) is 0 Å². The summed E-state index contributed by atoms with van der Waals surface area (Å²) in [6.45, 7) is 3.91. The number of hydrogen-bond acceptors (Lipinski definition) is 3. The smallest absolute Gasteiger partial charge is 0.337 e. The summed E-state index contributed by atoms with van der Waals surface area (Å²) in [7, 11) is 0. The summed E-state index contributed by atoms with van der Waals surface area (Å²) in [5.74, 6) is -0.560. The lowest BCUT2D eigenvalue weighted by molar-refractivity contribution is -0.118. The monoisotopic (exact) mass is 313 g/mol. The number of carbonyl (C=O) groups is 2. The topological polar surface area (TPSA) is 75.6 Å². The molecule has 0 atom stereocenters. The Morgan fingerprint density at radius 3 is 2.43 bits per heavy atom. The average molecular weight is 313 g/mol. The quantitative estimate of drug-likeness (QED) is 0.855. The van der Waals surface area contributed by atoms with Crippen LogP contribution in [0.4, 0.5) is 5.69 Å². The Bertz CT molecular complexity index is 710. The molecule has 0 aromatic heterocycles. The van der Waals surface area contributed by atoms with Crippen molar-refractivity contribution in [1.82, 2.24) is 0 Å². The van der Waals surface area contributed by atoms with Gasteiger partial charge in [0, 0.05) is 0 Å². The van der Waals surface area contributed by atoms with E-state index in [1.54, 1.807) is 18.2 Å². The fourth-order valence-electron chi connectivity index (χ4n) is 2.20. The van der Waals surface area contributed by atoms with Gasteiger partial charge in [-0.3, -0.25) is 4.79 Å². The van der Waals surface area contributed by atoms with E-state index in [-0.39, 0.29) is 23.8 Å². The van der Waals surface area contributed by atoms with Crippen LogP contribution in [-0.2, 0) is 4.79 Å². The highest BCUT2D eigenvalue weighted by Gasteiger charge is 2.13. The van der Waals surface area contributed by atoms with E-state index in [2.05, 4.69) is 5.32 Å². The summed E-state index contributed by atoms with van der Waals surface area (Å²) in [6, 6.07) is 13.8. The average Bonchev–Trinajstić information content (AvgIpc) is 2.53. The van der Waals surface area contributed by atoms with Gasteiger partial charge in [-0.05, 0) is 29.7 Å². The molecule has 0 bridgehead atoms. The largest absolute Gasteiger partial charge is 0.483 e. The van der Waals surface area contributed by atoms with Crippen LogP contribution in [0.15, 0.2) is 48.5 Å². The second-order valence-electron chi connectivity index (χ2n) is 5.38. The van der Waals surface area contributed by atoms with E-state index in [9.17, 15) is 9.59 Å². The fraction of sp³-hybridized carbons (Fsp3) is 0.222. The summed E-state index contributed by atoms with van der Waals surface area (Å²) in [5, 5.41) is 11.7. The number of carboxylic acid groups (broad SMARTS) is 1. The highest BCUT2D eigenvalue weighted by molar-refractivity contribution is 6.00. The van der Waals surface area contributed by atoms with Crippen molar-refractivity contribution >= 4 is 17.6 Å². The predicted octanol–water partition coefficient (Wildman–Crippen LogP) is 3.53. The third-order valence-electron chi connectivity index (χ3n) is 3.33. The number of carbonyl (C=O) groups excluding carboxylic acids is 1. The molecule has 0 saturated carbocycles. The Kier molecular flexibility index (Phi) is 5.36. The summed E-state index contributed by atoms with van der Waals surface area (Å²) in [4.78, 5) is 23.1. The number of benzene rings is 2. The Balaban J connectivity index is 2.03. The van der Waals surface area contributed by atoms with Crippen molar-refractivity contribution in [3.63, 3.8) is 0 Å². The fourth-order valence-corrected chi connectivity index (χ4v) is 2.20. The van der Waals surface area contributed by atoms with E-state index in [1.165, 1.54) is 6.07 Å². The zero-order valence-electron chi connectivity index (χ0n) is 13.1. The van der Waals surface area contributed by atoms with E-state index in [1.807, 2.05) is 38.1 Å². The van der Waals surface area contributed by atoms with Crippen molar-refractivity contribution in [2.24, 2.45) is 0 Å². The van der Waals surface area contributed by atoms with Crippen molar-refractivity contribution in [1.29, 1.82) is 0 Å². The Hall–Kier alpha value is -2.82. The number of carboxylic acids is 1. The minimum Gasteiger partial charge on any atom is -0.483 e. The van der Waals surface area contributed by atoms with Crippen LogP contribution in [0.25, 0.3) is 0 Å². The number of para-hydroxylation sites is 2. The van der Waals surface area contributed by atoms with Crippen molar-refractivity contribution in [2.75, 3.05) is 11.9 Å². The minimum atomic E-state index is -1.09. The van der Waals surface area contributed by atoms with Crippen molar-refractivity contribution in [3.8, 4) is 5.75 Å². The first-order valence-corrected chi connectivity index (χ1v) is 7.33. The maximum absolute atomic E-state index is 12.0. The number of rotatable bonds is 6. The first-order valence-electron chi connectivity index (χ1n) is 7.33. The van der Waals surface area contributed by atoms with Gasteiger partial charge in [-0.2, -0.15) is 0 Å². The van der Waals surface area contributed by atoms with Gasteiger partial charge in [0.15, 0.2) is 6.61 Å². The lowest BCUT2D eigenvalue weighted by Crippen LogP contribution is -2.22. The standard InChI is InChI=1S/C18H19NO4/c1-12(2)13-7-4-6-10-16(13)23-11-17(20)19-15-9-5-3-8-14(15)18(21)22/h3-10,12H,11H2,1-2H3,(H,19,20)(H,21,22). The predicted molar refractivity (Wildman–Crippen MR) is 88.1 cm³/mol. The minimum absolute atomic E-state index is 0.0448. The lowest BCUT2D eigenvalue weighted by atomic mass is 10.0. The zero-order valence-corrected chi connectivity index (χ0v) is 13.1. The van der Waals surface area contributed by atoms with Gasteiger partial charge in [0.25, 0.3) is 5.91 Å². The maximum Gasteiger partial charge on any atom is 0.337 e. The molecule has 0 unspecified atom stereocenters. The van der Waals surface area contributed by atoms with Crippen LogP contribution in [0, 0.1) is 0 Å². The van der Waals surface area contributed by atoms with Crippen LogP contribution < -0.4 is 10.1 Å². The normalized spacial score (nSPS) is 10.4. The van der Waals surface area contributed by atoms with Crippen LogP contribution in [-0.4, -0.2) is 23.6 Å². The Morgan fingerprint density at radius 2 is 1.74 bits per heavy atom. The SMILES string of the molecule is CC(C)c1ccccc1OCC(=O)Nc1ccccc1C(=O)O. The molecule has 0 spiro atoms. The Labute approximate surface area is 134 Å². The first-order chi connectivity index (χ1) is 11.0. The molecule has 23 heavy (non-hydrogen) atoms. The molecular formula is C18H19NO4. The third kappa shape index (κ3) is 4.32. The molecule has 2 aromatic rings. The second kappa shape index (κ2) is 7.45. The maximum atomic E-state index is 12.0. The first kappa shape index (κ1) is 16.5. The van der Waals surface area contributed by atoms with E-state index < -0.39 is 11.9 Å². The number of amides is 1. The number of nitrogens with one attached hydrogen (secondary N) is 1. The summed E-state index contributed by atoms with van der Waals surface area (Å²) < 4.78 is 5.57. The van der Waals surface area contributed by atoms with Crippen molar-refractivity contribution in [2.45, 2.75) is 19.8 Å². The third-order valence-corrected chi connectivity index (χ3v) is 3.33. The molecule has 120 valence electrons. The van der Waals surface area contributed by atoms with Gasteiger partial charge in [-0.25, -0.2) is 4.79 Å². The molecule has 0 saturated heterocycles. The van der Waals surface area contributed by atoms with Crippen LogP contribution >= 0.6 is 0 Å². The molecule has 0 aliphatic rings. The van der Waals surface area contributed by atoms with E-state index in [0.29, 0.717) is 5.75 Å². The van der Waals surface area contributed by atoms with Gasteiger partial charge in [-0.1, -0.05) is 44.2 Å². The molecule has 0 aliphatic carbocycles. The molecule has 0 heterocycles. The summed E-state index contributed by atoms with van der Waals surface area (Å²) in [6.07, 6.45) is 0. The molecule has 2 aromatic carbocycles. The molecule has 5 heteroatoms. The van der Waals surface area contributed by atoms with E-state index in [4.69, 9.17) is 9.84 Å². The summed E-state index contributed by atoms with van der Waals surface area (Å²) >= 11 is 0. The van der Waals surface area contributed by atoms with E-state index >= 15 is 0 Å². The van der Waals surface area contributed by atoms with Gasteiger partial charge >= 0.3 is 5.97 Å². The number of anilines is 1. The summed E-state index contributed by atoms with van der Waals surface area (Å²) in [5.41, 5.74) is 1.32. The molecule has 2 N–H and O–H groups in total. The van der Waals surface area contributed by atoms with E-state index in [0.717, 1.165) is 5.56 Å². The second-order valence-corrected chi connectivity index (χ2v) is 5.38. The molecule has 0 aliphatic heterocycles. The van der Waals surface area contributed by atoms with Crippen LogP contribution in [0.2, 0.25) is 0 Å². The van der Waals surface area contributed by atoms with Gasteiger partial charge in [0.05, 0.1) is 11.3 Å². The van der Waals surface area contributed by atoms with Crippen molar-refractivity contribution < 1.29 is 19.4 Å². The number of aromatic carboxylic acids is 1. The highest BCUT2D eigenvalue weighted by atomic mass is 16.5. The molecular weight excluding hydrogens is 294 g/mol. The van der Waals surface area contributed by atoms with Crippen LogP contribution in [0.5, 0.6) is 5.75 Å². The highest BCUT2D eigenvalue weighted by Crippen LogP contribution is 2.25. The Morgan fingerprint density at radius 1 is 1.09 bits per heavy atom. The molecule has 0 fully saturated rings. The van der Waals surface area contributed by atoms with Crippen molar-refractivity contribution in [3.05, 3.63) is 59.7 Å².